The van der Waals surface area contributed by atoms with Crippen molar-refractivity contribution in [1.29, 1.82) is 0 Å². The first-order valence-corrected chi connectivity index (χ1v) is 8.81. The van der Waals surface area contributed by atoms with Crippen LogP contribution < -0.4 is 16.0 Å². The maximum atomic E-state index is 12.1. The number of hydrogen-bond acceptors (Lipinski definition) is 3. The van der Waals surface area contributed by atoms with Gasteiger partial charge in [0.15, 0.2) is 0 Å². The van der Waals surface area contributed by atoms with Gasteiger partial charge in [0.1, 0.15) is 0 Å². The summed E-state index contributed by atoms with van der Waals surface area (Å²) >= 11 is 5.89. The summed E-state index contributed by atoms with van der Waals surface area (Å²) in [5.41, 5.74) is 1.71. The van der Waals surface area contributed by atoms with Crippen molar-refractivity contribution in [2.24, 2.45) is 0 Å². The van der Waals surface area contributed by atoms with E-state index in [1.807, 2.05) is 0 Å². The zero-order chi connectivity index (χ0) is 18.4. The third-order valence-electron chi connectivity index (χ3n) is 4.00. The monoisotopic (exact) mass is 373 g/mol. The Hall–Kier alpha value is -2.57. The van der Waals surface area contributed by atoms with Crippen molar-refractivity contribution in [2.45, 2.75) is 18.9 Å². The summed E-state index contributed by atoms with van der Waals surface area (Å²) in [6, 6.07) is 13.2. The number of hydrogen-bond donors (Lipinski definition) is 3. The third-order valence-corrected chi connectivity index (χ3v) is 4.24. The number of benzene rings is 2. The Bertz CT molecular complexity index is 774. The van der Waals surface area contributed by atoms with Gasteiger partial charge in [-0.1, -0.05) is 17.7 Å². The topological polar surface area (TPSA) is 79.5 Å². The van der Waals surface area contributed by atoms with Crippen molar-refractivity contribution >= 4 is 34.9 Å². The van der Waals surface area contributed by atoms with Crippen LogP contribution in [0.1, 0.15) is 23.2 Å². The lowest BCUT2D eigenvalue weighted by Gasteiger charge is -2.11. The lowest BCUT2D eigenvalue weighted by molar-refractivity contribution is 0.0858. The van der Waals surface area contributed by atoms with Gasteiger partial charge in [0.25, 0.3) is 5.91 Å². The van der Waals surface area contributed by atoms with Crippen molar-refractivity contribution < 1.29 is 14.3 Å². The second-order valence-corrected chi connectivity index (χ2v) is 6.45. The van der Waals surface area contributed by atoms with Gasteiger partial charge in [-0.05, 0) is 55.3 Å². The Kier molecular flexibility index (Phi) is 6.09. The van der Waals surface area contributed by atoms with E-state index >= 15 is 0 Å². The molecule has 0 spiro atoms. The predicted octanol–water partition coefficient (Wildman–Crippen LogP) is 3.89. The number of halogens is 1. The minimum absolute atomic E-state index is 0.107. The number of anilines is 2. The molecule has 136 valence electrons. The zero-order valence-electron chi connectivity index (χ0n) is 14.1. The molecule has 0 bridgehead atoms. The molecule has 0 aromatic heterocycles. The fourth-order valence-corrected chi connectivity index (χ4v) is 2.87. The van der Waals surface area contributed by atoms with Crippen LogP contribution in [0.25, 0.3) is 0 Å². The number of carbonyl (C=O) groups is 2. The molecule has 0 aliphatic carbocycles. The number of rotatable bonds is 5. The molecule has 1 fully saturated rings. The second kappa shape index (κ2) is 8.69. The Morgan fingerprint density at radius 2 is 1.85 bits per heavy atom. The van der Waals surface area contributed by atoms with Gasteiger partial charge < -0.3 is 20.7 Å². The average molecular weight is 374 g/mol. The summed E-state index contributed by atoms with van der Waals surface area (Å²) in [6.45, 7) is 1.28. The molecule has 1 unspecified atom stereocenters. The molecule has 26 heavy (non-hydrogen) atoms. The lowest BCUT2D eigenvalue weighted by atomic mass is 10.2. The molecule has 3 N–H and O–H groups in total. The molecule has 2 aromatic carbocycles. The number of amides is 3. The molecule has 1 aliphatic heterocycles. The highest BCUT2D eigenvalue weighted by atomic mass is 35.5. The smallest absolute Gasteiger partial charge is 0.323 e. The van der Waals surface area contributed by atoms with Crippen LogP contribution in [0.2, 0.25) is 5.02 Å². The van der Waals surface area contributed by atoms with Crippen molar-refractivity contribution in [3.8, 4) is 0 Å². The highest BCUT2D eigenvalue weighted by Crippen LogP contribution is 2.16. The van der Waals surface area contributed by atoms with E-state index in [0.29, 0.717) is 28.5 Å². The molecule has 6 nitrogen and oxygen atoms in total. The minimum Gasteiger partial charge on any atom is -0.376 e. The molecular weight excluding hydrogens is 354 g/mol. The van der Waals surface area contributed by atoms with Crippen molar-refractivity contribution in [1.82, 2.24) is 5.32 Å². The van der Waals surface area contributed by atoms with Gasteiger partial charge in [0.2, 0.25) is 0 Å². The fraction of sp³-hybridized carbons (Fsp3) is 0.263. The normalized spacial score (nSPS) is 16.1. The van der Waals surface area contributed by atoms with Crippen LogP contribution in [0.15, 0.2) is 48.5 Å². The van der Waals surface area contributed by atoms with Gasteiger partial charge in [0.05, 0.1) is 6.10 Å². The van der Waals surface area contributed by atoms with Crippen molar-refractivity contribution in [3.05, 3.63) is 59.1 Å². The summed E-state index contributed by atoms with van der Waals surface area (Å²) in [5, 5.41) is 8.81. The number of ether oxygens (including phenoxy) is 1. The molecule has 0 radical (unpaired) electrons. The summed E-state index contributed by atoms with van der Waals surface area (Å²) in [7, 11) is 0. The van der Waals surface area contributed by atoms with Crippen molar-refractivity contribution in [2.75, 3.05) is 23.8 Å². The van der Waals surface area contributed by atoms with Crippen LogP contribution in [-0.4, -0.2) is 31.2 Å². The van der Waals surface area contributed by atoms with Crippen LogP contribution in [-0.2, 0) is 4.74 Å². The highest BCUT2D eigenvalue weighted by Gasteiger charge is 2.16. The van der Waals surface area contributed by atoms with E-state index in [0.717, 1.165) is 19.4 Å². The van der Waals surface area contributed by atoms with Gasteiger partial charge in [0, 0.05) is 35.1 Å². The molecule has 3 rings (SSSR count). The first kappa shape index (κ1) is 18.2. The molecule has 0 saturated carbocycles. The van der Waals surface area contributed by atoms with E-state index < -0.39 is 0 Å². The van der Waals surface area contributed by atoms with Crippen LogP contribution in [0.5, 0.6) is 0 Å². The Morgan fingerprint density at radius 3 is 2.54 bits per heavy atom. The number of urea groups is 1. The molecule has 3 amide bonds. The van der Waals surface area contributed by atoms with Crippen LogP contribution in [0.4, 0.5) is 16.2 Å². The largest absolute Gasteiger partial charge is 0.376 e. The SMILES string of the molecule is O=C(Nc1ccc(C(=O)NCC2CCCO2)cc1)Nc1cccc(Cl)c1. The summed E-state index contributed by atoms with van der Waals surface area (Å²) in [5.74, 6) is -0.157. The summed E-state index contributed by atoms with van der Waals surface area (Å²) in [4.78, 5) is 24.1. The Balaban J connectivity index is 1.50. The van der Waals surface area contributed by atoms with Gasteiger partial charge in [-0.3, -0.25) is 4.79 Å². The maximum absolute atomic E-state index is 12.1. The molecule has 1 atom stereocenters. The molecule has 1 heterocycles. The predicted molar refractivity (Wildman–Crippen MR) is 102 cm³/mol. The quantitative estimate of drug-likeness (QED) is 0.743. The van der Waals surface area contributed by atoms with E-state index in [2.05, 4.69) is 16.0 Å². The standard InChI is InChI=1S/C19H20ClN3O3/c20-14-3-1-4-16(11-14)23-19(25)22-15-8-6-13(7-9-15)18(24)21-12-17-5-2-10-26-17/h1,3-4,6-9,11,17H,2,5,10,12H2,(H,21,24)(H2,22,23,25). The Labute approximate surface area is 156 Å². The van der Waals surface area contributed by atoms with Crippen molar-refractivity contribution in [3.63, 3.8) is 0 Å². The molecule has 1 saturated heterocycles. The van der Waals surface area contributed by atoms with E-state index in [9.17, 15) is 9.59 Å². The number of nitrogens with one attached hydrogen (secondary N) is 3. The highest BCUT2D eigenvalue weighted by molar-refractivity contribution is 6.30. The molecule has 2 aromatic rings. The van der Waals surface area contributed by atoms with Gasteiger partial charge in [-0.2, -0.15) is 0 Å². The minimum atomic E-state index is -0.386. The van der Waals surface area contributed by atoms with Crippen LogP contribution in [0.3, 0.4) is 0 Å². The molecular formula is C19H20ClN3O3. The molecule has 7 heteroatoms. The summed E-state index contributed by atoms with van der Waals surface area (Å²) in [6.07, 6.45) is 2.12. The Morgan fingerprint density at radius 1 is 1.08 bits per heavy atom. The first-order valence-electron chi connectivity index (χ1n) is 8.43. The van der Waals surface area contributed by atoms with E-state index in [4.69, 9.17) is 16.3 Å². The number of carbonyl (C=O) groups excluding carboxylic acids is 2. The van der Waals surface area contributed by atoms with E-state index in [-0.39, 0.29) is 18.0 Å². The fourth-order valence-electron chi connectivity index (χ4n) is 2.68. The maximum Gasteiger partial charge on any atom is 0.323 e. The van der Waals surface area contributed by atoms with Gasteiger partial charge in [-0.15, -0.1) is 0 Å². The van der Waals surface area contributed by atoms with E-state index in [1.165, 1.54) is 0 Å². The third kappa shape index (κ3) is 5.21. The summed E-state index contributed by atoms with van der Waals surface area (Å²) < 4.78 is 5.48. The van der Waals surface area contributed by atoms with Gasteiger partial charge in [-0.25, -0.2) is 4.79 Å². The van der Waals surface area contributed by atoms with E-state index in [1.54, 1.807) is 48.5 Å². The lowest BCUT2D eigenvalue weighted by Crippen LogP contribution is -2.31. The zero-order valence-corrected chi connectivity index (χ0v) is 14.9. The van der Waals surface area contributed by atoms with Crippen LogP contribution in [0, 0.1) is 0 Å². The molecule has 1 aliphatic rings. The van der Waals surface area contributed by atoms with Crippen LogP contribution >= 0.6 is 11.6 Å². The first-order chi connectivity index (χ1) is 12.6. The average Bonchev–Trinajstić information content (AvgIpc) is 3.14. The van der Waals surface area contributed by atoms with Gasteiger partial charge >= 0.3 is 6.03 Å². The second-order valence-electron chi connectivity index (χ2n) is 6.01.